The van der Waals surface area contributed by atoms with Crippen molar-refractivity contribution in [3.63, 3.8) is 0 Å². The summed E-state index contributed by atoms with van der Waals surface area (Å²) in [5.41, 5.74) is 6.39. The molecule has 0 amide bonds. The average molecular weight is 281 g/mol. The second kappa shape index (κ2) is 4.11. The normalized spacial score (nSPS) is 11.5. The Labute approximate surface area is 120 Å². The van der Waals surface area contributed by atoms with Crippen LogP contribution >= 0.6 is 11.5 Å². The highest BCUT2D eigenvalue weighted by Gasteiger charge is 2.21. The second-order valence-corrected chi connectivity index (χ2v) is 5.71. The van der Waals surface area contributed by atoms with Gasteiger partial charge in [-0.2, -0.15) is 0 Å². The van der Waals surface area contributed by atoms with Crippen LogP contribution in [-0.4, -0.2) is 13.8 Å². The van der Waals surface area contributed by atoms with Crippen LogP contribution in [0.15, 0.2) is 42.0 Å². The molecule has 4 nitrogen and oxygen atoms in total. The van der Waals surface area contributed by atoms with E-state index in [1.807, 2.05) is 29.4 Å². The number of fused-ring (bicyclic) bond motifs is 3. The van der Waals surface area contributed by atoms with Gasteiger partial charge in [0.2, 0.25) is 0 Å². The fourth-order valence-electron chi connectivity index (χ4n) is 2.57. The van der Waals surface area contributed by atoms with Gasteiger partial charge in [-0.3, -0.25) is 0 Å². The smallest absolute Gasteiger partial charge is 0.230 e. The lowest BCUT2D eigenvalue weighted by molar-refractivity contribution is -0.662. The topological polar surface area (TPSA) is 34.1 Å². The first kappa shape index (κ1) is 11.5. The molecule has 0 atom stereocenters. The van der Waals surface area contributed by atoms with Crippen LogP contribution in [0.4, 0.5) is 0 Å². The Bertz CT molecular complexity index is 936. The summed E-state index contributed by atoms with van der Waals surface area (Å²) in [6.45, 7) is 2.13. The van der Waals surface area contributed by atoms with Crippen LogP contribution in [0.5, 0.6) is 0 Å². The Morgan fingerprint density at radius 2 is 2.05 bits per heavy atom. The number of aryl methyl sites for hydroxylation is 2. The third kappa shape index (κ3) is 1.50. The van der Waals surface area contributed by atoms with Crippen molar-refractivity contribution in [1.29, 1.82) is 0 Å². The number of hydrogen-bond donors (Lipinski definition) is 0. The van der Waals surface area contributed by atoms with E-state index >= 15 is 0 Å². The van der Waals surface area contributed by atoms with Crippen molar-refractivity contribution >= 4 is 28.3 Å². The molecular weight excluding hydrogens is 268 g/mol. The number of hydrogen-bond acceptors (Lipinski definition) is 3. The summed E-state index contributed by atoms with van der Waals surface area (Å²) in [6, 6.07) is 10.4. The monoisotopic (exact) mass is 281 g/mol. The molecule has 3 aromatic heterocycles. The molecule has 0 spiro atoms. The van der Waals surface area contributed by atoms with Crippen LogP contribution in [0.25, 0.3) is 28.1 Å². The second-order valence-electron chi connectivity index (χ2n) is 4.86. The fourth-order valence-corrected chi connectivity index (χ4v) is 3.32. The third-order valence-corrected chi connectivity index (χ3v) is 4.38. The molecule has 4 rings (SSSR count). The number of nitrogens with zero attached hydrogens (tertiary/aromatic N) is 4. The summed E-state index contributed by atoms with van der Waals surface area (Å²) in [6.07, 6.45) is 1.86. The van der Waals surface area contributed by atoms with E-state index in [0.717, 1.165) is 22.5 Å². The molecule has 0 saturated carbocycles. The first-order chi connectivity index (χ1) is 9.75. The van der Waals surface area contributed by atoms with E-state index < -0.39 is 0 Å². The van der Waals surface area contributed by atoms with Crippen molar-refractivity contribution in [1.82, 2.24) is 13.8 Å². The van der Waals surface area contributed by atoms with Crippen molar-refractivity contribution in [3.05, 3.63) is 47.6 Å². The zero-order valence-electron chi connectivity index (χ0n) is 11.2. The molecule has 20 heavy (non-hydrogen) atoms. The van der Waals surface area contributed by atoms with Gasteiger partial charge in [-0.15, -0.1) is 0 Å². The first-order valence-electron chi connectivity index (χ1n) is 6.42. The van der Waals surface area contributed by atoms with Crippen LogP contribution < -0.4 is 4.57 Å². The molecule has 98 valence electrons. The molecule has 0 aliphatic rings. The summed E-state index contributed by atoms with van der Waals surface area (Å²) in [5.74, 6) is 0. The summed E-state index contributed by atoms with van der Waals surface area (Å²) < 4.78 is 4.11. The van der Waals surface area contributed by atoms with Gasteiger partial charge in [0.15, 0.2) is 16.9 Å². The fraction of sp³-hybridized carbons (Fsp3) is 0.133. The number of benzene rings is 1. The Hall–Kier alpha value is -2.27. The molecule has 0 aliphatic carbocycles. The number of rotatable bonds is 1. The van der Waals surface area contributed by atoms with E-state index in [1.54, 1.807) is 11.5 Å². The highest BCUT2D eigenvalue weighted by atomic mass is 32.1. The molecule has 0 bridgehead atoms. The van der Waals surface area contributed by atoms with E-state index in [4.69, 9.17) is 4.98 Å². The van der Waals surface area contributed by atoms with E-state index in [2.05, 4.69) is 40.0 Å². The minimum atomic E-state index is 0.923. The Morgan fingerprint density at radius 3 is 2.90 bits per heavy atom. The van der Waals surface area contributed by atoms with Crippen molar-refractivity contribution < 1.29 is 4.57 Å². The van der Waals surface area contributed by atoms with Gasteiger partial charge in [-0.05, 0) is 23.5 Å². The lowest BCUT2D eigenvalue weighted by Gasteiger charge is -2.05. The van der Waals surface area contributed by atoms with Crippen LogP contribution in [-0.2, 0) is 7.05 Å². The van der Waals surface area contributed by atoms with E-state index in [0.29, 0.717) is 0 Å². The van der Waals surface area contributed by atoms with Crippen molar-refractivity contribution in [2.24, 2.45) is 7.05 Å². The maximum absolute atomic E-state index is 4.74. The van der Waals surface area contributed by atoms with Gasteiger partial charge in [0.25, 0.3) is 12.0 Å². The van der Waals surface area contributed by atoms with E-state index in [1.165, 1.54) is 11.1 Å². The number of aromatic nitrogens is 4. The predicted molar refractivity (Wildman–Crippen MR) is 79.7 cm³/mol. The van der Waals surface area contributed by atoms with Crippen molar-refractivity contribution in [3.8, 4) is 11.3 Å². The van der Waals surface area contributed by atoms with Crippen LogP contribution in [0.2, 0.25) is 0 Å². The van der Waals surface area contributed by atoms with Crippen molar-refractivity contribution in [2.75, 3.05) is 0 Å². The standard InChI is InChI=1S/C15H13N4S/c1-10-5-3-4-6-11(10)14-13-15(16-9-18(14)2)19-12(17-13)7-8-20-19/h3-9H,1-2H3/q+1. The lowest BCUT2D eigenvalue weighted by Crippen LogP contribution is -2.31. The van der Waals surface area contributed by atoms with Gasteiger partial charge in [0, 0.05) is 10.9 Å². The molecule has 0 N–H and O–H groups in total. The van der Waals surface area contributed by atoms with Gasteiger partial charge in [-0.25, -0.2) is 13.3 Å². The van der Waals surface area contributed by atoms with Gasteiger partial charge >= 0.3 is 0 Å². The third-order valence-electron chi connectivity index (χ3n) is 3.55. The average Bonchev–Trinajstić information content (AvgIpc) is 3.00. The Morgan fingerprint density at radius 1 is 1.20 bits per heavy atom. The van der Waals surface area contributed by atoms with Gasteiger partial charge in [0.1, 0.15) is 0 Å². The molecule has 1 aromatic carbocycles. The van der Waals surface area contributed by atoms with Crippen molar-refractivity contribution in [2.45, 2.75) is 6.92 Å². The zero-order valence-corrected chi connectivity index (χ0v) is 12.1. The Balaban J connectivity index is 2.17. The molecule has 0 aliphatic heterocycles. The molecule has 0 fully saturated rings. The highest BCUT2D eigenvalue weighted by molar-refractivity contribution is 7.04. The lowest BCUT2D eigenvalue weighted by atomic mass is 10.0. The molecule has 3 heterocycles. The number of imidazole rings is 1. The quantitative estimate of drug-likeness (QED) is 0.503. The van der Waals surface area contributed by atoms with Crippen LogP contribution in [0.1, 0.15) is 5.56 Å². The van der Waals surface area contributed by atoms with Crippen LogP contribution in [0, 0.1) is 6.92 Å². The molecule has 0 radical (unpaired) electrons. The maximum atomic E-state index is 4.74. The summed E-state index contributed by atoms with van der Waals surface area (Å²) in [7, 11) is 2.02. The van der Waals surface area contributed by atoms with Gasteiger partial charge < -0.3 is 0 Å². The predicted octanol–water partition coefficient (Wildman–Crippen LogP) is 2.74. The molecule has 5 heteroatoms. The van der Waals surface area contributed by atoms with Crippen LogP contribution in [0.3, 0.4) is 0 Å². The SMILES string of the molecule is Cc1ccccc1-c1c2nc3ccsn3c2nc[n+]1C. The van der Waals surface area contributed by atoms with E-state index in [-0.39, 0.29) is 0 Å². The minimum absolute atomic E-state index is 0.923. The summed E-state index contributed by atoms with van der Waals surface area (Å²) in [5, 5.41) is 2.03. The molecule has 4 aromatic rings. The van der Waals surface area contributed by atoms with Gasteiger partial charge in [-0.1, -0.05) is 35.8 Å². The Kier molecular flexibility index (Phi) is 2.37. The van der Waals surface area contributed by atoms with E-state index in [9.17, 15) is 0 Å². The maximum Gasteiger partial charge on any atom is 0.292 e. The first-order valence-corrected chi connectivity index (χ1v) is 7.26. The summed E-state index contributed by atoms with van der Waals surface area (Å²) >= 11 is 1.62. The minimum Gasteiger partial charge on any atom is -0.230 e. The summed E-state index contributed by atoms with van der Waals surface area (Å²) in [4.78, 5) is 9.27. The molecule has 0 saturated heterocycles. The largest absolute Gasteiger partial charge is 0.292 e. The van der Waals surface area contributed by atoms with Gasteiger partial charge in [0.05, 0.1) is 7.05 Å². The molecule has 0 unspecified atom stereocenters. The highest BCUT2D eigenvalue weighted by Crippen LogP contribution is 2.27. The molecular formula is C15H13N4S+. The zero-order chi connectivity index (χ0) is 13.7.